The van der Waals surface area contributed by atoms with Crippen LogP contribution in [-0.4, -0.2) is 48.7 Å². The largest absolute Gasteiger partial charge is 0.465 e. The topological polar surface area (TPSA) is 66.8 Å². The monoisotopic (exact) mass is 217 g/mol. The molecule has 0 aliphatic heterocycles. The van der Waals surface area contributed by atoms with Crippen molar-refractivity contribution in [3.05, 3.63) is 0 Å². The lowest BCUT2D eigenvalue weighted by atomic mass is 10.2. The van der Waals surface area contributed by atoms with Gasteiger partial charge in [-0.05, 0) is 19.8 Å². The lowest BCUT2D eigenvalue weighted by molar-refractivity contribution is -0.148. The summed E-state index contributed by atoms with van der Waals surface area (Å²) < 4.78 is 4.72. The van der Waals surface area contributed by atoms with E-state index in [2.05, 4.69) is 0 Å². The molecule has 5 nitrogen and oxygen atoms in total. The molecule has 1 N–H and O–H groups in total. The Balaban J connectivity index is 3.73. The molecule has 15 heavy (non-hydrogen) atoms. The summed E-state index contributed by atoms with van der Waals surface area (Å²) in [5.74, 6) is -0.494. The number of aliphatic hydroxyl groups excluding tert-OH is 1. The van der Waals surface area contributed by atoms with Crippen LogP contribution in [0.15, 0.2) is 0 Å². The molecule has 0 heterocycles. The van der Waals surface area contributed by atoms with Gasteiger partial charge in [-0.1, -0.05) is 0 Å². The van der Waals surface area contributed by atoms with E-state index in [1.54, 1.807) is 14.0 Å². The number of ether oxygens (including phenoxy) is 1. The molecule has 0 unspecified atom stereocenters. The zero-order valence-corrected chi connectivity index (χ0v) is 9.36. The van der Waals surface area contributed by atoms with Gasteiger partial charge in [0, 0.05) is 20.1 Å². The minimum Gasteiger partial charge on any atom is -0.465 e. The number of amides is 1. The Labute approximate surface area is 90.0 Å². The summed E-state index contributed by atoms with van der Waals surface area (Å²) in [6, 6.07) is 0. The molecule has 0 radical (unpaired) electrons. The maximum atomic E-state index is 11.4. The fourth-order valence-electron chi connectivity index (χ4n) is 1.07. The average Bonchev–Trinajstić information content (AvgIpc) is 2.18. The van der Waals surface area contributed by atoms with Gasteiger partial charge in [-0.3, -0.25) is 9.59 Å². The molecular formula is C10H19NO4. The van der Waals surface area contributed by atoms with E-state index in [0.717, 1.165) is 0 Å². The third kappa shape index (κ3) is 6.90. The molecule has 88 valence electrons. The predicted molar refractivity (Wildman–Crippen MR) is 55.2 cm³/mol. The van der Waals surface area contributed by atoms with Crippen LogP contribution >= 0.6 is 0 Å². The minimum atomic E-state index is -0.393. The van der Waals surface area contributed by atoms with E-state index < -0.39 is 5.97 Å². The van der Waals surface area contributed by atoms with E-state index in [1.165, 1.54) is 4.90 Å². The number of hydrogen-bond acceptors (Lipinski definition) is 4. The Hall–Kier alpha value is -1.10. The van der Waals surface area contributed by atoms with Crippen molar-refractivity contribution in [1.29, 1.82) is 0 Å². The Kier molecular flexibility index (Phi) is 7.62. The lowest BCUT2D eigenvalue weighted by Gasteiger charge is -2.15. The van der Waals surface area contributed by atoms with Crippen LogP contribution in [0.3, 0.4) is 0 Å². The maximum absolute atomic E-state index is 11.4. The van der Waals surface area contributed by atoms with Crippen molar-refractivity contribution in [2.75, 3.05) is 26.8 Å². The van der Waals surface area contributed by atoms with E-state index in [4.69, 9.17) is 9.84 Å². The summed E-state index contributed by atoms with van der Waals surface area (Å²) in [5.41, 5.74) is 0. The van der Waals surface area contributed by atoms with Crippen molar-refractivity contribution in [2.45, 2.75) is 26.2 Å². The average molecular weight is 217 g/mol. The third-order valence-corrected chi connectivity index (χ3v) is 1.90. The number of likely N-dealkylation sites (N-methyl/N-ethyl adjacent to an activating group) is 1. The summed E-state index contributed by atoms with van der Waals surface area (Å²) in [4.78, 5) is 23.8. The Bertz CT molecular complexity index is 206. The van der Waals surface area contributed by atoms with Gasteiger partial charge in [0.05, 0.1) is 6.61 Å². The second-order valence-corrected chi connectivity index (χ2v) is 3.24. The summed E-state index contributed by atoms with van der Waals surface area (Å²) in [7, 11) is 1.57. The van der Waals surface area contributed by atoms with Crippen LogP contribution in [0.1, 0.15) is 26.2 Å². The molecule has 0 aliphatic rings. The summed E-state index contributed by atoms with van der Waals surface area (Å²) in [6.45, 7) is 2.13. The van der Waals surface area contributed by atoms with Gasteiger partial charge >= 0.3 is 5.97 Å². The first-order valence-corrected chi connectivity index (χ1v) is 5.12. The Morgan fingerprint density at radius 1 is 1.33 bits per heavy atom. The van der Waals surface area contributed by atoms with E-state index in [9.17, 15) is 9.59 Å². The zero-order chi connectivity index (χ0) is 11.7. The van der Waals surface area contributed by atoms with Crippen LogP contribution in [0.5, 0.6) is 0 Å². The van der Waals surface area contributed by atoms with Crippen molar-refractivity contribution >= 4 is 11.9 Å². The molecule has 0 bridgehead atoms. The number of unbranched alkanes of at least 4 members (excludes halogenated alkanes) is 1. The van der Waals surface area contributed by atoms with Crippen LogP contribution in [0.25, 0.3) is 0 Å². The molecule has 0 saturated heterocycles. The number of rotatable bonds is 7. The standard InChI is InChI=1S/C10H19NO4/c1-3-15-10(14)8-11(2)9(13)6-4-5-7-12/h12H,3-8H2,1-2H3. The van der Waals surface area contributed by atoms with Gasteiger partial charge in [-0.15, -0.1) is 0 Å². The van der Waals surface area contributed by atoms with Gasteiger partial charge in [-0.25, -0.2) is 0 Å². The minimum absolute atomic E-state index is 0.00814. The fraction of sp³-hybridized carbons (Fsp3) is 0.800. The number of hydrogen-bond donors (Lipinski definition) is 1. The third-order valence-electron chi connectivity index (χ3n) is 1.90. The van der Waals surface area contributed by atoms with Gasteiger partial charge in [0.15, 0.2) is 0 Å². The van der Waals surface area contributed by atoms with Gasteiger partial charge in [0.1, 0.15) is 6.54 Å². The van der Waals surface area contributed by atoms with E-state index in [-0.39, 0.29) is 19.1 Å². The zero-order valence-electron chi connectivity index (χ0n) is 9.36. The molecular weight excluding hydrogens is 198 g/mol. The Morgan fingerprint density at radius 3 is 2.53 bits per heavy atom. The second-order valence-electron chi connectivity index (χ2n) is 3.24. The molecule has 0 saturated carbocycles. The SMILES string of the molecule is CCOC(=O)CN(C)C(=O)CCCCO. The normalized spacial score (nSPS) is 9.80. The van der Waals surface area contributed by atoms with Crippen molar-refractivity contribution in [3.8, 4) is 0 Å². The highest BCUT2D eigenvalue weighted by molar-refractivity contribution is 5.81. The quantitative estimate of drug-likeness (QED) is 0.487. The maximum Gasteiger partial charge on any atom is 0.325 e. The predicted octanol–water partition coefficient (Wildman–Crippen LogP) is 0.170. The van der Waals surface area contributed by atoms with Gasteiger partial charge in [0.25, 0.3) is 0 Å². The summed E-state index contributed by atoms with van der Waals surface area (Å²) >= 11 is 0. The Morgan fingerprint density at radius 2 is 2.00 bits per heavy atom. The summed E-state index contributed by atoms with van der Waals surface area (Å²) in [6.07, 6.45) is 1.61. The molecule has 0 aromatic carbocycles. The van der Waals surface area contributed by atoms with E-state index >= 15 is 0 Å². The smallest absolute Gasteiger partial charge is 0.325 e. The van der Waals surface area contributed by atoms with Gasteiger partial charge in [0.2, 0.25) is 5.91 Å². The number of nitrogens with zero attached hydrogens (tertiary/aromatic N) is 1. The molecule has 0 rings (SSSR count). The van der Waals surface area contributed by atoms with Gasteiger partial charge < -0.3 is 14.7 Å². The molecule has 0 aromatic heterocycles. The summed E-state index contributed by atoms with van der Waals surface area (Å²) in [5, 5.41) is 8.53. The number of aliphatic hydroxyl groups is 1. The van der Waals surface area contributed by atoms with Crippen molar-refractivity contribution in [3.63, 3.8) is 0 Å². The van der Waals surface area contributed by atoms with Gasteiger partial charge in [-0.2, -0.15) is 0 Å². The first kappa shape index (κ1) is 13.9. The van der Waals surface area contributed by atoms with Crippen LogP contribution < -0.4 is 0 Å². The number of carbonyl (C=O) groups excluding carboxylic acids is 2. The highest BCUT2D eigenvalue weighted by atomic mass is 16.5. The molecule has 0 aliphatic carbocycles. The molecule has 0 spiro atoms. The molecule has 1 amide bonds. The van der Waals surface area contributed by atoms with Crippen LogP contribution in [0.4, 0.5) is 0 Å². The number of esters is 1. The second kappa shape index (κ2) is 8.23. The number of carbonyl (C=O) groups is 2. The first-order valence-electron chi connectivity index (χ1n) is 5.12. The van der Waals surface area contributed by atoms with Crippen molar-refractivity contribution in [2.24, 2.45) is 0 Å². The lowest BCUT2D eigenvalue weighted by Crippen LogP contribution is -2.32. The molecule has 5 heteroatoms. The molecule has 0 fully saturated rings. The van der Waals surface area contributed by atoms with E-state index in [1.807, 2.05) is 0 Å². The van der Waals surface area contributed by atoms with Crippen LogP contribution in [0, 0.1) is 0 Å². The first-order chi connectivity index (χ1) is 7.11. The molecule has 0 atom stereocenters. The highest BCUT2D eigenvalue weighted by Crippen LogP contribution is 1.99. The van der Waals surface area contributed by atoms with E-state index in [0.29, 0.717) is 25.9 Å². The van der Waals surface area contributed by atoms with Crippen LogP contribution in [-0.2, 0) is 14.3 Å². The highest BCUT2D eigenvalue weighted by Gasteiger charge is 2.12. The van der Waals surface area contributed by atoms with Crippen molar-refractivity contribution in [1.82, 2.24) is 4.90 Å². The fourth-order valence-corrected chi connectivity index (χ4v) is 1.07. The van der Waals surface area contributed by atoms with Crippen molar-refractivity contribution < 1.29 is 19.4 Å². The van der Waals surface area contributed by atoms with Crippen LogP contribution in [0.2, 0.25) is 0 Å². The molecule has 0 aromatic rings.